The molecule has 100 valence electrons. The molecule has 0 fully saturated rings. The van der Waals surface area contributed by atoms with E-state index < -0.39 is 0 Å². The van der Waals surface area contributed by atoms with Crippen LogP contribution in [-0.2, 0) is 5.41 Å². The molecule has 0 radical (unpaired) electrons. The average molecular weight is 247 g/mol. The van der Waals surface area contributed by atoms with Gasteiger partial charge in [-0.15, -0.1) is 0 Å². The van der Waals surface area contributed by atoms with Gasteiger partial charge in [0.25, 0.3) is 0 Å². The van der Waals surface area contributed by atoms with Crippen LogP contribution >= 0.6 is 0 Å². The molecule has 1 rings (SSSR count). The zero-order valence-corrected chi connectivity index (χ0v) is 12.4. The van der Waals surface area contributed by atoms with E-state index in [0.29, 0.717) is 6.54 Å². The van der Waals surface area contributed by atoms with Crippen LogP contribution in [0.1, 0.15) is 57.5 Å². The molecule has 0 bridgehead atoms. The molecule has 0 aliphatic carbocycles. The summed E-state index contributed by atoms with van der Waals surface area (Å²) >= 11 is 0. The third kappa shape index (κ3) is 4.61. The highest BCUT2D eigenvalue weighted by Crippen LogP contribution is 2.22. The molecule has 0 unspecified atom stereocenters. The van der Waals surface area contributed by atoms with Crippen molar-refractivity contribution in [3.8, 4) is 0 Å². The largest absolute Gasteiger partial charge is 0.305 e. The Kier molecular flexibility index (Phi) is 4.33. The molecule has 0 saturated heterocycles. The molecule has 1 aromatic rings. The molecule has 1 aromatic carbocycles. The van der Waals surface area contributed by atoms with Gasteiger partial charge in [0.05, 0.1) is 6.54 Å². The van der Waals surface area contributed by atoms with Gasteiger partial charge in [0, 0.05) is 11.1 Å². The molecular weight excluding hydrogens is 222 g/mol. The van der Waals surface area contributed by atoms with Crippen molar-refractivity contribution in [1.82, 2.24) is 5.32 Å². The summed E-state index contributed by atoms with van der Waals surface area (Å²) in [6.45, 7) is 13.1. The molecule has 0 aliphatic rings. The third-order valence-corrected chi connectivity index (χ3v) is 2.85. The summed E-state index contributed by atoms with van der Waals surface area (Å²) in [6.07, 6.45) is 0. The Morgan fingerprint density at radius 1 is 1.00 bits per heavy atom. The predicted octanol–water partition coefficient (Wildman–Crippen LogP) is 3.55. The fourth-order valence-electron chi connectivity index (χ4n) is 1.60. The topological polar surface area (TPSA) is 29.1 Å². The van der Waals surface area contributed by atoms with Crippen LogP contribution in [0.4, 0.5) is 0 Å². The van der Waals surface area contributed by atoms with Crippen molar-refractivity contribution in [3.63, 3.8) is 0 Å². The van der Waals surface area contributed by atoms with Gasteiger partial charge in [0.1, 0.15) is 0 Å². The minimum Gasteiger partial charge on any atom is -0.305 e. The van der Waals surface area contributed by atoms with Crippen LogP contribution in [0, 0.1) is 0 Å². The van der Waals surface area contributed by atoms with Crippen molar-refractivity contribution >= 4 is 5.78 Å². The molecule has 0 aliphatic heterocycles. The minimum atomic E-state index is -0.0268. The molecule has 0 spiro atoms. The normalized spacial score (nSPS) is 12.6. The quantitative estimate of drug-likeness (QED) is 0.828. The van der Waals surface area contributed by atoms with E-state index in [9.17, 15) is 4.79 Å². The summed E-state index contributed by atoms with van der Waals surface area (Å²) in [5.74, 6) is 0.144. The van der Waals surface area contributed by atoms with E-state index in [1.807, 2.05) is 24.3 Å². The number of benzene rings is 1. The molecule has 0 saturated carbocycles. The number of ketones is 1. The number of nitrogens with one attached hydrogen (secondary N) is 1. The van der Waals surface area contributed by atoms with Crippen LogP contribution in [0.2, 0.25) is 0 Å². The summed E-state index contributed by atoms with van der Waals surface area (Å²) in [5.41, 5.74) is 2.13. The highest BCUT2D eigenvalue weighted by Gasteiger charge is 2.15. The lowest BCUT2D eigenvalue weighted by atomic mass is 9.86. The third-order valence-electron chi connectivity index (χ3n) is 2.85. The van der Waals surface area contributed by atoms with Crippen LogP contribution in [0.3, 0.4) is 0 Å². The summed E-state index contributed by atoms with van der Waals surface area (Å²) in [5, 5.41) is 3.22. The molecule has 0 aromatic heterocycles. The second kappa shape index (κ2) is 5.23. The van der Waals surface area contributed by atoms with Crippen molar-refractivity contribution < 1.29 is 4.79 Å². The van der Waals surface area contributed by atoms with Crippen LogP contribution < -0.4 is 5.32 Å². The van der Waals surface area contributed by atoms with E-state index in [4.69, 9.17) is 0 Å². The number of rotatable bonds is 3. The summed E-state index contributed by atoms with van der Waals surface area (Å²) in [7, 11) is 0. The second-order valence-corrected chi connectivity index (χ2v) is 6.85. The molecule has 2 heteroatoms. The fraction of sp³-hybridized carbons (Fsp3) is 0.562. The Balaban J connectivity index is 2.71. The Labute approximate surface area is 111 Å². The van der Waals surface area contributed by atoms with E-state index in [1.165, 1.54) is 5.56 Å². The molecule has 2 nitrogen and oxygen atoms in total. The molecule has 18 heavy (non-hydrogen) atoms. The van der Waals surface area contributed by atoms with Gasteiger partial charge in [0.15, 0.2) is 5.78 Å². The van der Waals surface area contributed by atoms with E-state index in [0.717, 1.165) is 5.56 Å². The summed E-state index contributed by atoms with van der Waals surface area (Å²) < 4.78 is 0. The van der Waals surface area contributed by atoms with Crippen LogP contribution in [0.25, 0.3) is 0 Å². The maximum atomic E-state index is 12.0. The monoisotopic (exact) mass is 247 g/mol. The smallest absolute Gasteiger partial charge is 0.176 e. The van der Waals surface area contributed by atoms with Gasteiger partial charge in [0.2, 0.25) is 0 Å². The van der Waals surface area contributed by atoms with Crippen molar-refractivity contribution in [3.05, 3.63) is 35.4 Å². The van der Waals surface area contributed by atoms with Crippen molar-refractivity contribution in [1.29, 1.82) is 0 Å². The van der Waals surface area contributed by atoms with Gasteiger partial charge in [-0.1, -0.05) is 45.0 Å². The Morgan fingerprint density at radius 2 is 1.50 bits per heavy atom. The SMILES string of the molecule is CC(C)(C)NCC(=O)c1ccc(C(C)(C)C)cc1. The van der Waals surface area contributed by atoms with Crippen LogP contribution in [0.5, 0.6) is 0 Å². The number of Topliss-reactive ketones (excluding diaryl/α,β-unsaturated/α-hetero) is 1. The first-order valence-corrected chi connectivity index (χ1v) is 6.48. The van der Waals surface area contributed by atoms with Gasteiger partial charge in [-0.25, -0.2) is 0 Å². The number of carbonyl (C=O) groups excluding carboxylic acids is 1. The Bertz CT molecular complexity index is 404. The summed E-state index contributed by atoms with van der Waals surface area (Å²) in [4.78, 5) is 12.0. The van der Waals surface area contributed by atoms with Crippen molar-refractivity contribution in [2.45, 2.75) is 52.5 Å². The van der Waals surface area contributed by atoms with E-state index in [-0.39, 0.29) is 16.7 Å². The molecule has 0 heterocycles. The van der Waals surface area contributed by atoms with Crippen LogP contribution in [0.15, 0.2) is 24.3 Å². The summed E-state index contributed by atoms with van der Waals surface area (Å²) in [6, 6.07) is 7.94. The first-order valence-electron chi connectivity index (χ1n) is 6.48. The van der Waals surface area contributed by atoms with E-state index in [2.05, 4.69) is 46.9 Å². The predicted molar refractivity (Wildman–Crippen MR) is 77.2 cm³/mol. The Morgan fingerprint density at radius 3 is 1.89 bits per heavy atom. The molecule has 1 N–H and O–H groups in total. The zero-order valence-electron chi connectivity index (χ0n) is 12.4. The molecule has 0 amide bonds. The standard InChI is InChI=1S/C16H25NO/c1-15(2,3)13-9-7-12(8-10-13)14(18)11-17-16(4,5)6/h7-10,17H,11H2,1-6H3. The van der Waals surface area contributed by atoms with Gasteiger partial charge in [-0.2, -0.15) is 0 Å². The second-order valence-electron chi connectivity index (χ2n) is 6.85. The maximum Gasteiger partial charge on any atom is 0.176 e. The maximum absolute atomic E-state index is 12.0. The first-order chi connectivity index (χ1) is 8.09. The molecular formula is C16H25NO. The highest BCUT2D eigenvalue weighted by molar-refractivity contribution is 5.97. The Hall–Kier alpha value is -1.15. The van der Waals surface area contributed by atoms with Gasteiger partial charge < -0.3 is 5.32 Å². The zero-order chi connectivity index (χ0) is 14.0. The highest BCUT2D eigenvalue weighted by atomic mass is 16.1. The number of carbonyl (C=O) groups is 1. The first kappa shape index (κ1) is 14.9. The van der Waals surface area contributed by atoms with E-state index >= 15 is 0 Å². The lowest BCUT2D eigenvalue weighted by Gasteiger charge is -2.21. The van der Waals surface area contributed by atoms with E-state index in [1.54, 1.807) is 0 Å². The lowest BCUT2D eigenvalue weighted by molar-refractivity contribution is 0.0982. The van der Waals surface area contributed by atoms with Crippen LogP contribution in [-0.4, -0.2) is 17.9 Å². The lowest BCUT2D eigenvalue weighted by Crippen LogP contribution is -2.39. The average Bonchev–Trinajstić information content (AvgIpc) is 2.24. The van der Waals surface area contributed by atoms with Crippen molar-refractivity contribution in [2.24, 2.45) is 0 Å². The van der Waals surface area contributed by atoms with Gasteiger partial charge >= 0.3 is 0 Å². The molecule has 0 atom stereocenters. The number of hydrogen-bond donors (Lipinski definition) is 1. The van der Waals surface area contributed by atoms with Gasteiger partial charge in [-0.05, 0) is 31.7 Å². The van der Waals surface area contributed by atoms with Crippen molar-refractivity contribution in [2.75, 3.05) is 6.54 Å². The minimum absolute atomic E-state index is 0.0268. The fourth-order valence-corrected chi connectivity index (χ4v) is 1.60. The van der Waals surface area contributed by atoms with Gasteiger partial charge in [-0.3, -0.25) is 4.79 Å². The number of hydrogen-bond acceptors (Lipinski definition) is 2.